The van der Waals surface area contributed by atoms with Crippen LogP contribution in [0.3, 0.4) is 0 Å². The number of aromatic nitrogens is 1. The number of nitrogens with zero attached hydrogens (tertiary/aromatic N) is 1. The molecule has 0 bridgehead atoms. The van der Waals surface area contributed by atoms with E-state index in [9.17, 15) is 4.79 Å². The van der Waals surface area contributed by atoms with E-state index in [1.807, 2.05) is 0 Å². The number of anilines is 1. The number of hydrogen-bond acceptors (Lipinski definition) is 5. The molecule has 0 radical (unpaired) electrons. The Balaban J connectivity index is 2.07. The largest absolute Gasteiger partial charge is 0.384 e. The minimum Gasteiger partial charge on any atom is -0.384 e. The number of aliphatic hydroxyl groups is 1. The highest BCUT2D eigenvalue weighted by Gasteiger charge is 2.10. The molecule has 6 heteroatoms. The molecule has 0 aliphatic heterocycles. The molecule has 0 unspecified atom stereocenters. The van der Waals surface area contributed by atoms with Crippen LogP contribution in [0.25, 0.3) is 0 Å². The van der Waals surface area contributed by atoms with Gasteiger partial charge in [0.1, 0.15) is 6.61 Å². The van der Waals surface area contributed by atoms with Gasteiger partial charge in [-0.25, -0.2) is 0 Å². The van der Waals surface area contributed by atoms with Crippen molar-refractivity contribution in [1.82, 2.24) is 5.16 Å². The van der Waals surface area contributed by atoms with E-state index in [2.05, 4.69) is 22.3 Å². The molecular weight excluding hydrogens is 252 g/mol. The number of thiophene rings is 1. The molecule has 5 nitrogen and oxygen atoms in total. The Morgan fingerprint density at radius 3 is 3.11 bits per heavy atom. The number of carbonyl (C=O) groups excluding carboxylic acids is 1. The second-order valence-electron chi connectivity index (χ2n) is 3.45. The van der Waals surface area contributed by atoms with Crippen molar-refractivity contribution >= 4 is 23.1 Å². The predicted octanol–water partition coefficient (Wildman–Crippen LogP) is 1.64. The van der Waals surface area contributed by atoms with Crippen molar-refractivity contribution in [3.8, 4) is 11.8 Å². The third kappa shape index (κ3) is 2.97. The minimum absolute atomic E-state index is 0.198. The highest BCUT2D eigenvalue weighted by molar-refractivity contribution is 7.10. The van der Waals surface area contributed by atoms with Crippen molar-refractivity contribution in [2.45, 2.75) is 6.92 Å². The lowest BCUT2D eigenvalue weighted by atomic mass is 10.3. The molecule has 2 heterocycles. The number of aliphatic hydroxyl groups excluding tert-OH is 1. The normalized spacial score (nSPS) is 9.67. The summed E-state index contributed by atoms with van der Waals surface area (Å²) < 4.78 is 4.89. The van der Waals surface area contributed by atoms with Gasteiger partial charge < -0.3 is 9.63 Å². The van der Waals surface area contributed by atoms with Crippen molar-refractivity contribution < 1.29 is 14.4 Å². The van der Waals surface area contributed by atoms with Gasteiger partial charge in [0.15, 0.2) is 0 Å². The molecule has 0 saturated carbocycles. The predicted molar refractivity (Wildman–Crippen MR) is 67.5 cm³/mol. The Hall–Kier alpha value is -2.10. The highest BCUT2D eigenvalue weighted by Crippen LogP contribution is 2.16. The van der Waals surface area contributed by atoms with E-state index < -0.39 is 0 Å². The Labute approximate surface area is 107 Å². The molecule has 18 heavy (non-hydrogen) atoms. The van der Waals surface area contributed by atoms with Gasteiger partial charge >= 0.3 is 0 Å². The molecule has 2 aromatic heterocycles. The Bertz CT molecular complexity index is 619. The summed E-state index contributed by atoms with van der Waals surface area (Å²) in [5, 5.41) is 16.5. The number of hydrogen-bond donors (Lipinski definition) is 2. The van der Waals surface area contributed by atoms with Crippen molar-refractivity contribution in [2.24, 2.45) is 0 Å². The first-order chi connectivity index (χ1) is 8.69. The topological polar surface area (TPSA) is 75.4 Å². The molecule has 2 aromatic rings. The molecule has 0 saturated heterocycles. The fraction of sp³-hybridized carbons (Fsp3) is 0.167. The van der Waals surface area contributed by atoms with Gasteiger partial charge in [0.25, 0.3) is 5.91 Å². The second-order valence-corrected chi connectivity index (χ2v) is 4.36. The van der Waals surface area contributed by atoms with Crippen LogP contribution in [-0.4, -0.2) is 22.8 Å². The van der Waals surface area contributed by atoms with Crippen LogP contribution in [0.1, 0.15) is 20.9 Å². The number of nitrogens with one attached hydrogen (secondary N) is 1. The Morgan fingerprint density at radius 1 is 1.61 bits per heavy atom. The maximum atomic E-state index is 11.8. The van der Waals surface area contributed by atoms with Crippen LogP contribution in [-0.2, 0) is 0 Å². The summed E-state index contributed by atoms with van der Waals surface area (Å²) in [5.74, 6) is 5.30. The standard InChI is InChI=1S/C12H10N2O3S/c1-8-5-11(17-14-8)13-12(16)9-6-10(18-7-9)3-2-4-15/h5-7,15H,4H2,1H3,(H,13,16). The summed E-state index contributed by atoms with van der Waals surface area (Å²) in [6.07, 6.45) is 0. The molecule has 0 aliphatic carbocycles. The molecule has 0 aliphatic rings. The second kappa shape index (κ2) is 5.49. The summed E-state index contributed by atoms with van der Waals surface area (Å²) in [4.78, 5) is 12.5. The third-order valence-electron chi connectivity index (χ3n) is 2.02. The number of rotatable bonds is 2. The molecular formula is C12H10N2O3S. The summed E-state index contributed by atoms with van der Waals surface area (Å²) in [7, 11) is 0. The molecule has 0 spiro atoms. The lowest BCUT2D eigenvalue weighted by Gasteiger charge is -1.96. The van der Waals surface area contributed by atoms with Crippen LogP contribution in [0.5, 0.6) is 0 Å². The van der Waals surface area contributed by atoms with Gasteiger partial charge in [-0.15, -0.1) is 11.3 Å². The fourth-order valence-electron chi connectivity index (χ4n) is 1.25. The zero-order chi connectivity index (χ0) is 13.0. The van der Waals surface area contributed by atoms with Gasteiger partial charge in [0.05, 0.1) is 16.1 Å². The zero-order valence-corrected chi connectivity index (χ0v) is 10.4. The van der Waals surface area contributed by atoms with Gasteiger partial charge in [-0.2, -0.15) is 0 Å². The molecule has 2 rings (SSSR count). The van der Waals surface area contributed by atoms with Crippen LogP contribution in [0.4, 0.5) is 5.88 Å². The zero-order valence-electron chi connectivity index (χ0n) is 9.56. The van der Waals surface area contributed by atoms with Gasteiger partial charge in [-0.05, 0) is 13.0 Å². The van der Waals surface area contributed by atoms with Gasteiger partial charge in [0.2, 0.25) is 5.88 Å². The van der Waals surface area contributed by atoms with Crippen molar-refractivity contribution in [3.63, 3.8) is 0 Å². The van der Waals surface area contributed by atoms with E-state index in [1.165, 1.54) is 11.3 Å². The first-order valence-electron chi connectivity index (χ1n) is 5.12. The van der Waals surface area contributed by atoms with E-state index in [0.717, 1.165) is 4.88 Å². The average molecular weight is 262 g/mol. The minimum atomic E-state index is -0.278. The number of aryl methyl sites for hydroxylation is 1. The smallest absolute Gasteiger partial charge is 0.258 e. The van der Waals surface area contributed by atoms with Crippen molar-refractivity contribution in [3.05, 3.63) is 33.6 Å². The lowest BCUT2D eigenvalue weighted by Crippen LogP contribution is -2.09. The van der Waals surface area contributed by atoms with Crippen molar-refractivity contribution in [1.29, 1.82) is 0 Å². The summed E-state index contributed by atoms with van der Waals surface area (Å²) in [5.41, 5.74) is 1.20. The molecule has 2 N–H and O–H groups in total. The maximum absolute atomic E-state index is 11.8. The van der Waals surface area contributed by atoms with Gasteiger partial charge in [-0.3, -0.25) is 10.1 Å². The third-order valence-corrected chi connectivity index (χ3v) is 2.86. The Morgan fingerprint density at radius 2 is 2.44 bits per heavy atom. The molecule has 0 aromatic carbocycles. The molecule has 0 atom stereocenters. The fourth-order valence-corrected chi connectivity index (χ4v) is 2.01. The van der Waals surface area contributed by atoms with Crippen LogP contribution in [0.2, 0.25) is 0 Å². The molecule has 1 amide bonds. The summed E-state index contributed by atoms with van der Waals surface area (Å²) in [6.45, 7) is 1.57. The first-order valence-corrected chi connectivity index (χ1v) is 6.00. The first kappa shape index (κ1) is 12.4. The quantitative estimate of drug-likeness (QED) is 0.807. The average Bonchev–Trinajstić information content (AvgIpc) is 2.96. The molecule has 0 fully saturated rings. The van der Waals surface area contributed by atoms with Gasteiger partial charge in [-0.1, -0.05) is 17.0 Å². The number of amides is 1. The SMILES string of the molecule is Cc1cc(NC(=O)c2csc(C#CCO)c2)on1. The highest BCUT2D eigenvalue weighted by atomic mass is 32.1. The van der Waals surface area contributed by atoms with E-state index >= 15 is 0 Å². The number of carbonyl (C=O) groups is 1. The van der Waals surface area contributed by atoms with Gasteiger partial charge in [0, 0.05) is 11.4 Å². The molecule has 92 valence electrons. The van der Waals surface area contributed by atoms with Crippen LogP contribution in [0.15, 0.2) is 22.0 Å². The Kier molecular flexibility index (Phi) is 3.77. The summed E-state index contributed by atoms with van der Waals surface area (Å²) in [6, 6.07) is 3.29. The van der Waals surface area contributed by atoms with Crippen LogP contribution in [0, 0.1) is 18.8 Å². The van der Waals surface area contributed by atoms with E-state index in [-0.39, 0.29) is 12.5 Å². The summed E-state index contributed by atoms with van der Waals surface area (Å²) >= 11 is 1.34. The van der Waals surface area contributed by atoms with E-state index in [1.54, 1.807) is 24.4 Å². The van der Waals surface area contributed by atoms with Crippen LogP contribution >= 0.6 is 11.3 Å². The van der Waals surface area contributed by atoms with Crippen molar-refractivity contribution in [2.75, 3.05) is 11.9 Å². The monoisotopic (exact) mass is 262 g/mol. The van der Waals surface area contributed by atoms with Crippen LogP contribution < -0.4 is 5.32 Å². The van der Waals surface area contributed by atoms with E-state index in [0.29, 0.717) is 17.1 Å². The van der Waals surface area contributed by atoms with E-state index in [4.69, 9.17) is 9.63 Å². The lowest BCUT2D eigenvalue weighted by molar-refractivity contribution is 0.102. The maximum Gasteiger partial charge on any atom is 0.258 e.